The smallest absolute Gasteiger partial charge is 0.318 e. The van der Waals surface area contributed by atoms with E-state index in [0.717, 1.165) is 17.7 Å². The third-order valence-electron chi connectivity index (χ3n) is 6.62. The van der Waals surface area contributed by atoms with Gasteiger partial charge in [0.2, 0.25) is 5.65 Å². The zero-order valence-corrected chi connectivity index (χ0v) is 23.7. The van der Waals surface area contributed by atoms with Crippen LogP contribution in [0.4, 0.5) is 4.79 Å². The molecule has 0 bridgehead atoms. The summed E-state index contributed by atoms with van der Waals surface area (Å²) in [5, 5.41) is 3.11. The average Bonchev–Trinajstić information content (AvgIpc) is 3.45. The van der Waals surface area contributed by atoms with Gasteiger partial charge in [0, 0.05) is 43.1 Å². The van der Waals surface area contributed by atoms with Crippen LogP contribution in [0.2, 0.25) is 0 Å². The Morgan fingerprint density at radius 3 is 2.70 bits per heavy atom. The van der Waals surface area contributed by atoms with Crippen LogP contribution in [0, 0.1) is 6.92 Å². The summed E-state index contributed by atoms with van der Waals surface area (Å²) in [5.74, 6) is 1.00. The Morgan fingerprint density at radius 1 is 1.20 bits per heavy atom. The lowest BCUT2D eigenvalue weighted by molar-refractivity contribution is 0.177. The molecule has 4 aromatic heterocycles. The molecule has 210 valence electrons. The van der Waals surface area contributed by atoms with Crippen LogP contribution in [0.15, 0.2) is 55.9 Å². The number of carbonyl (C=O) groups excluding carboxylic acids is 1. The number of aryl methyl sites for hydroxylation is 1. The molecular weight excluding hydrogens is 508 g/mol. The molecule has 2 atom stereocenters. The van der Waals surface area contributed by atoms with Crippen molar-refractivity contribution >= 4 is 11.7 Å². The molecule has 0 spiro atoms. The monoisotopic (exact) mass is 544 g/mol. The average molecular weight is 545 g/mol. The van der Waals surface area contributed by atoms with E-state index in [1.54, 1.807) is 42.9 Å². The van der Waals surface area contributed by atoms with Gasteiger partial charge in [0.1, 0.15) is 5.75 Å². The maximum Gasteiger partial charge on any atom is 0.318 e. The summed E-state index contributed by atoms with van der Waals surface area (Å²) < 4.78 is 13.4. The topological polar surface area (TPSA) is 120 Å². The molecule has 2 amide bonds. The Hall–Kier alpha value is -4.54. The Morgan fingerprint density at radius 2 is 2.00 bits per heavy atom. The van der Waals surface area contributed by atoms with Crippen LogP contribution in [0.1, 0.15) is 62.8 Å². The van der Waals surface area contributed by atoms with E-state index in [2.05, 4.69) is 31.8 Å². The Balaban J connectivity index is 1.66. The van der Waals surface area contributed by atoms with Crippen LogP contribution in [0.25, 0.3) is 16.9 Å². The highest BCUT2D eigenvalue weighted by Gasteiger charge is 2.26. The normalized spacial score (nSPS) is 12.5. The lowest BCUT2D eigenvalue weighted by Crippen LogP contribution is -2.43. The number of nitrogens with one attached hydrogen (secondary N) is 1. The summed E-state index contributed by atoms with van der Waals surface area (Å²) in [6, 6.07) is 0.961. The number of urea groups is 1. The summed E-state index contributed by atoms with van der Waals surface area (Å²) in [6.07, 6.45) is 13.5. The number of pyridine rings is 1. The third-order valence-corrected chi connectivity index (χ3v) is 6.62. The van der Waals surface area contributed by atoms with Gasteiger partial charge in [-0.2, -0.15) is 0 Å². The van der Waals surface area contributed by atoms with Gasteiger partial charge in [-0.1, -0.05) is 13.0 Å². The molecule has 40 heavy (non-hydrogen) atoms. The Labute approximate surface area is 234 Å². The number of aromatic nitrogens is 6. The fourth-order valence-electron chi connectivity index (χ4n) is 4.53. The van der Waals surface area contributed by atoms with Crippen molar-refractivity contribution in [1.29, 1.82) is 0 Å². The second kappa shape index (κ2) is 13.0. The molecule has 1 N–H and O–H groups in total. The van der Waals surface area contributed by atoms with Crippen molar-refractivity contribution in [3.63, 3.8) is 0 Å². The maximum atomic E-state index is 13.5. The van der Waals surface area contributed by atoms with Crippen LogP contribution in [-0.4, -0.2) is 60.5 Å². The summed E-state index contributed by atoms with van der Waals surface area (Å²) in [4.78, 5) is 37.8. The first-order chi connectivity index (χ1) is 19.4. The fourth-order valence-corrected chi connectivity index (χ4v) is 4.53. The third kappa shape index (κ3) is 6.03. The molecule has 11 nitrogen and oxygen atoms in total. The number of rotatable bonds is 12. The van der Waals surface area contributed by atoms with Crippen LogP contribution >= 0.6 is 0 Å². The number of hydrogen-bond acceptors (Lipinski definition) is 8. The minimum absolute atomic E-state index is 0.237. The number of hydrogen-bond donors (Lipinski definition) is 1. The number of methoxy groups -OCH3 is 1. The van der Waals surface area contributed by atoms with Crippen molar-refractivity contribution < 1.29 is 14.3 Å². The van der Waals surface area contributed by atoms with Gasteiger partial charge in [0.05, 0.1) is 54.8 Å². The molecule has 1 unspecified atom stereocenters. The number of amides is 2. The van der Waals surface area contributed by atoms with E-state index in [1.165, 1.54) is 0 Å². The van der Waals surface area contributed by atoms with E-state index >= 15 is 0 Å². The molecule has 0 saturated heterocycles. The highest BCUT2D eigenvalue weighted by atomic mass is 16.5. The van der Waals surface area contributed by atoms with Gasteiger partial charge >= 0.3 is 6.03 Å². The maximum absolute atomic E-state index is 13.5. The van der Waals surface area contributed by atoms with Gasteiger partial charge in [-0.25, -0.2) is 14.8 Å². The van der Waals surface area contributed by atoms with Crippen LogP contribution in [0.5, 0.6) is 11.6 Å². The quantitative estimate of drug-likeness (QED) is 0.245. The zero-order valence-electron chi connectivity index (χ0n) is 23.7. The second-order valence-electron chi connectivity index (χ2n) is 9.26. The lowest BCUT2D eigenvalue weighted by Gasteiger charge is -2.30. The summed E-state index contributed by atoms with van der Waals surface area (Å²) in [6.45, 7) is 12.6. The van der Waals surface area contributed by atoms with Gasteiger partial charge in [0.15, 0.2) is 0 Å². The van der Waals surface area contributed by atoms with E-state index in [0.29, 0.717) is 53.9 Å². The standard InChI is InChI=1S/C29H36N8O3/c1-7-10-22(26-19(4)30-11-12-31-26)35-29(38)37(9-3)20(5)23-16-21(25(39-6)17-33-23)24-18-36-14-13-32-27(36)28(34-24)40-15-8-2/h7,11-14,16-18,20,22H,1,8-10,15H2,2-6H3,(H,35,38)/t20-,22?/m1/s1. The summed E-state index contributed by atoms with van der Waals surface area (Å²) in [7, 11) is 1.59. The molecule has 11 heteroatoms. The minimum atomic E-state index is -0.355. The predicted molar refractivity (Wildman–Crippen MR) is 152 cm³/mol. The van der Waals surface area contributed by atoms with Crippen LogP contribution < -0.4 is 14.8 Å². The molecule has 0 fully saturated rings. The summed E-state index contributed by atoms with van der Waals surface area (Å²) in [5.41, 5.74) is 4.17. The summed E-state index contributed by atoms with van der Waals surface area (Å²) >= 11 is 0. The van der Waals surface area contributed by atoms with Crippen molar-refractivity contribution in [2.45, 2.75) is 52.6 Å². The van der Waals surface area contributed by atoms with E-state index in [-0.39, 0.29) is 18.1 Å². The van der Waals surface area contributed by atoms with E-state index < -0.39 is 0 Å². The molecule has 4 aromatic rings. The van der Waals surface area contributed by atoms with Gasteiger partial charge in [-0.15, -0.1) is 6.58 Å². The molecule has 4 heterocycles. The minimum Gasteiger partial charge on any atom is -0.494 e. The largest absolute Gasteiger partial charge is 0.494 e. The van der Waals surface area contributed by atoms with Crippen LogP contribution in [-0.2, 0) is 0 Å². The molecule has 0 saturated carbocycles. The van der Waals surface area contributed by atoms with Crippen molar-refractivity contribution in [2.24, 2.45) is 0 Å². The molecule has 0 radical (unpaired) electrons. The fraction of sp³-hybridized carbons (Fsp3) is 0.379. The lowest BCUT2D eigenvalue weighted by atomic mass is 10.1. The molecule has 0 aliphatic heterocycles. The molecule has 0 aliphatic carbocycles. The van der Waals surface area contributed by atoms with Crippen LogP contribution in [0.3, 0.4) is 0 Å². The van der Waals surface area contributed by atoms with Crippen molar-refractivity contribution in [3.8, 4) is 22.9 Å². The first-order valence-corrected chi connectivity index (χ1v) is 13.4. The van der Waals surface area contributed by atoms with E-state index in [1.807, 2.05) is 50.6 Å². The molecule has 0 aliphatic rings. The number of nitrogens with zero attached hydrogens (tertiary/aromatic N) is 7. The van der Waals surface area contributed by atoms with E-state index in [4.69, 9.17) is 14.5 Å². The molecule has 4 rings (SSSR count). The van der Waals surface area contributed by atoms with E-state index in [9.17, 15) is 4.79 Å². The predicted octanol–water partition coefficient (Wildman–Crippen LogP) is 5.10. The second-order valence-corrected chi connectivity index (χ2v) is 9.26. The van der Waals surface area contributed by atoms with Gasteiger partial charge in [-0.05, 0) is 39.7 Å². The Kier molecular flexibility index (Phi) is 9.26. The number of ether oxygens (including phenoxy) is 2. The first-order valence-electron chi connectivity index (χ1n) is 13.4. The van der Waals surface area contributed by atoms with Crippen molar-refractivity contribution in [3.05, 3.63) is 73.0 Å². The number of imidazole rings is 1. The number of carbonyl (C=O) groups is 1. The van der Waals surface area contributed by atoms with Gasteiger partial charge < -0.3 is 24.1 Å². The Bertz CT molecular complexity index is 1470. The first kappa shape index (κ1) is 28.5. The highest BCUT2D eigenvalue weighted by Crippen LogP contribution is 2.33. The van der Waals surface area contributed by atoms with Gasteiger partial charge in [-0.3, -0.25) is 15.0 Å². The van der Waals surface area contributed by atoms with Crippen molar-refractivity contribution in [1.82, 2.24) is 39.5 Å². The zero-order chi connectivity index (χ0) is 28.6. The SMILES string of the molecule is C=CCC(NC(=O)N(CC)[C@H](C)c1cc(-c2cn3ccnc3c(OCCC)n2)c(OC)cn1)c1nccnc1C. The highest BCUT2D eigenvalue weighted by molar-refractivity contribution is 5.75. The molecular formula is C29H36N8O3. The molecule has 0 aromatic carbocycles. The van der Waals surface area contributed by atoms with Crippen molar-refractivity contribution in [2.75, 3.05) is 20.3 Å². The van der Waals surface area contributed by atoms with Gasteiger partial charge in [0.25, 0.3) is 5.88 Å². The number of fused-ring (bicyclic) bond motifs is 1.